The van der Waals surface area contributed by atoms with Gasteiger partial charge in [-0.05, 0) is 30.2 Å². The van der Waals surface area contributed by atoms with Crippen molar-refractivity contribution in [3.05, 3.63) is 54.0 Å². The Balaban J connectivity index is 1.91. The van der Waals surface area contributed by atoms with Gasteiger partial charge in [0.25, 0.3) is 0 Å². The highest BCUT2D eigenvalue weighted by Crippen LogP contribution is 2.12. The second kappa shape index (κ2) is 6.12. The SMILES string of the molecule is COc1ccc(CNC(C)c2ccncc2)cn1. The Labute approximate surface area is 107 Å². The number of ether oxygens (including phenoxy) is 1. The molecule has 1 atom stereocenters. The fraction of sp³-hybridized carbons (Fsp3) is 0.286. The van der Waals surface area contributed by atoms with Gasteiger partial charge in [-0.25, -0.2) is 4.98 Å². The van der Waals surface area contributed by atoms with E-state index in [1.807, 2.05) is 42.9 Å². The van der Waals surface area contributed by atoms with Crippen molar-refractivity contribution in [2.24, 2.45) is 0 Å². The highest BCUT2D eigenvalue weighted by atomic mass is 16.5. The van der Waals surface area contributed by atoms with Crippen molar-refractivity contribution in [3.8, 4) is 5.88 Å². The Morgan fingerprint density at radius 1 is 1.22 bits per heavy atom. The fourth-order valence-electron chi connectivity index (χ4n) is 1.68. The van der Waals surface area contributed by atoms with Gasteiger partial charge in [0.05, 0.1) is 7.11 Å². The molecule has 1 unspecified atom stereocenters. The lowest BCUT2D eigenvalue weighted by Crippen LogP contribution is -2.18. The number of hydrogen-bond acceptors (Lipinski definition) is 4. The van der Waals surface area contributed by atoms with Gasteiger partial charge >= 0.3 is 0 Å². The summed E-state index contributed by atoms with van der Waals surface area (Å²) in [6.07, 6.45) is 5.44. The first-order valence-corrected chi connectivity index (χ1v) is 5.92. The predicted molar refractivity (Wildman–Crippen MR) is 70.3 cm³/mol. The minimum Gasteiger partial charge on any atom is -0.481 e. The highest BCUT2D eigenvalue weighted by molar-refractivity contribution is 5.18. The minimum absolute atomic E-state index is 0.287. The summed E-state index contributed by atoms with van der Waals surface area (Å²) in [5, 5.41) is 3.44. The van der Waals surface area contributed by atoms with Crippen LogP contribution in [0.15, 0.2) is 42.9 Å². The van der Waals surface area contributed by atoms with Crippen LogP contribution in [0, 0.1) is 0 Å². The first-order chi connectivity index (χ1) is 8.79. The van der Waals surface area contributed by atoms with Crippen molar-refractivity contribution >= 4 is 0 Å². The zero-order valence-electron chi connectivity index (χ0n) is 10.6. The van der Waals surface area contributed by atoms with Gasteiger partial charge in [0.1, 0.15) is 0 Å². The van der Waals surface area contributed by atoms with E-state index in [0.29, 0.717) is 5.88 Å². The molecule has 4 nitrogen and oxygen atoms in total. The average Bonchev–Trinajstić information content (AvgIpc) is 2.46. The summed E-state index contributed by atoms with van der Waals surface area (Å²) in [6, 6.07) is 8.20. The molecule has 2 aromatic rings. The van der Waals surface area contributed by atoms with Crippen molar-refractivity contribution < 1.29 is 4.74 Å². The van der Waals surface area contributed by atoms with Gasteiger partial charge in [0, 0.05) is 37.2 Å². The molecule has 0 saturated heterocycles. The molecule has 2 rings (SSSR count). The number of aromatic nitrogens is 2. The molecule has 0 fully saturated rings. The standard InChI is InChI=1S/C14H17N3O/c1-11(13-5-7-15-8-6-13)16-9-12-3-4-14(18-2)17-10-12/h3-8,10-11,16H,9H2,1-2H3. The quantitative estimate of drug-likeness (QED) is 0.875. The number of nitrogens with one attached hydrogen (secondary N) is 1. The molecular weight excluding hydrogens is 226 g/mol. The Morgan fingerprint density at radius 2 is 2.00 bits per heavy atom. The van der Waals surface area contributed by atoms with Gasteiger partial charge in [0.15, 0.2) is 0 Å². The number of methoxy groups -OCH3 is 1. The summed E-state index contributed by atoms with van der Waals surface area (Å²) in [4.78, 5) is 8.19. The van der Waals surface area contributed by atoms with Gasteiger partial charge in [0.2, 0.25) is 5.88 Å². The van der Waals surface area contributed by atoms with Crippen LogP contribution in [0.5, 0.6) is 5.88 Å². The molecule has 0 aliphatic rings. The lowest BCUT2D eigenvalue weighted by molar-refractivity contribution is 0.397. The molecule has 0 aliphatic carbocycles. The second-order valence-corrected chi connectivity index (χ2v) is 4.09. The van der Waals surface area contributed by atoms with Crippen LogP contribution in [-0.4, -0.2) is 17.1 Å². The third-order valence-electron chi connectivity index (χ3n) is 2.83. The van der Waals surface area contributed by atoms with Gasteiger partial charge in [-0.15, -0.1) is 0 Å². The van der Waals surface area contributed by atoms with Gasteiger partial charge in [-0.1, -0.05) is 6.07 Å². The third kappa shape index (κ3) is 3.28. The number of rotatable bonds is 5. The highest BCUT2D eigenvalue weighted by Gasteiger charge is 2.04. The van der Waals surface area contributed by atoms with Crippen molar-refractivity contribution in [1.29, 1.82) is 0 Å². The number of nitrogens with zero attached hydrogens (tertiary/aromatic N) is 2. The summed E-state index contributed by atoms with van der Waals surface area (Å²) >= 11 is 0. The van der Waals surface area contributed by atoms with Crippen LogP contribution in [0.25, 0.3) is 0 Å². The van der Waals surface area contributed by atoms with E-state index in [1.165, 1.54) is 5.56 Å². The zero-order chi connectivity index (χ0) is 12.8. The van der Waals surface area contributed by atoms with Gasteiger partial charge < -0.3 is 10.1 Å². The lowest BCUT2D eigenvalue weighted by atomic mass is 10.1. The third-order valence-corrected chi connectivity index (χ3v) is 2.83. The lowest BCUT2D eigenvalue weighted by Gasteiger charge is -2.13. The summed E-state index contributed by atoms with van der Waals surface area (Å²) in [7, 11) is 1.62. The molecule has 2 heterocycles. The van der Waals surface area contributed by atoms with Crippen molar-refractivity contribution in [2.75, 3.05) is 7.11 Å². The molecule has 0 amide bonds. The maximum absolute atomic E-state index is 5.03. The summed E-state index contributed by atoms with van der Waals surface area (Å²) < 4.78 is 5.03. The van der Waals surface area contributed by atoms with Crippen molar-refractivity contribution in [3.63, 3.8) is 0 Å². The average molecular weight is 243 g/mol. The van der Waals surface area contributed by atoms with Crippen LogP contribution in [0.4, 0.5) is 0 Å². The molecule has 0 aliphatic heterocycles. The topological polar surface area (TPSA) is 47.0 Å². The second-order valence-electron chi connectivity index (χ2n) is 4.09. The first-order valence-electron chi connectivity index (χ1n) is 5.92. The van der Waals surface area contributed by atoms with Crippen molar-refractivity contribution in [1.82, 2.24) is 15.3 Å². The number of pyridine rings is 2. The molecule has 0 saturated carbocycles. The molecule has 4 heteroatoms. The molecule has 0 spiro atoms. The normalized spacial score (nSPS) is 12.1. The van der Waals surface area contributed by atoms with E-state index >= 15 is 0 Å². The van der Waals surface area contributed by atoms with Crippen LogP contribution in [-0.2, 0) is 6.54 Å². The van der Waals surface area contributed by atoms with Crippen LogP contribution in [0.3, 0.4) is 0 Å². The molecule has 0 bridgehead atoms. The number of hydrogen-bond donors (Lipinski definition) is 1. The largest absolute Gasteiger partial charge is 0.481 e. The molecular formula is C14H17N3O. The Morgan fingerprint density at radius 3 is 2.61 bits per heavy atom. The molecule has 1 N–H and O–H groups in total. The van der Waals surface area contributed by atoms with E-state index in [-0.39, 0.29) is 6.04 Å². The first kappa shape index (κ1) is 12.5. The van der Waals surface area contributed by atoms with Crippen molar-refractivity contribution in [2.45, 2.75) is 19.5 Å². The van der Waals surface area contributed by atoms with Crippen LogP contribution < -0.4 is 10.1 Å². The Kier molecular flexibility index (Phi) is 4.25. The Hall–Kier alpha value is -1.94. The van der Waals surface area contributed by atoms with Gasteiger partial charge in [-0.2, -0.15) is 0 Å². The van der Waals surface area contributed by atoms with Crippen LogP contribution in [0.1, 0.15) is 24.1 Å². The molecule has 2 aromatic heterocycles. The maximum Gasteiger partial charge on any atom is 0.212 e. The molecule has 94 valence electrons. The molecule has 0 aromatic carbocycles. The van der Waals surface area contributed by atoms with E-state index in [0.717, 1.165) is 12.1 Å². The van der Waals surface area contributed by atoms with Gasteiger partial charge in [-0.3, -0.25) is 4.98 Å². The van der Waals surface area contributed by atoms with E-state index in [1.54, 1.807) is 7.11 Å². The van der Waals surface area contributed by atoms with E-state index in [2.05, 4.69) is 22.2 Å². The summed E-state index contributed by atoms with van der Waals surface area (Å²) in [6.45, 7) is 2.91. The molecule has 18 heavy (non-hydrogen) atoms. The van der Waals surface area contributed by atoms with Crippen LogP contribution in [0.2, 0.25) is 0 Å². The maximum atomic E-state index is 5.03. The Bertz CT molecular complexity index is 470. The monoisotopic (exact) mass is 243 g/mol. The summed E-state index contributed by atoms with van der Waals surface area (Å²) in [5.41, 5.74) is 2.36. The molecule has 0 radical (unpaired) electrons. The minimum atomic E-state index is 0.287. The zero-order valence-corrected chi connectivity index (χ0v) is 10.6. The fourth-order valence-corrected chi connectivity index (χ4v) is 1.68. The van der Waals surface area contributed by atoms with Crippen LogP contribution >= 0.6 is 0 Å². The van der Waals surface area contributed by atoms with E-state index in [4.69, 9.17) is 4.74 Å². The van der Waals surface area contributed by atoms with E-state index < -0.39 is 0 Å². The van der Waals surface area contributed by atoms with E-state index in [9.17, 15) is 0 Å². The summed E-state index contributed by atoms with van der Waals surface area (Å²) in [5.74, 6) is 0.640. The smallest absolute Gasteiger partial charge is 0.212 e. The predicted octanol–water partition coefficient (Wildman–Crippen LogP) is 2.34.